The summed E-state index contributed by atoms with van der Waals surface area (Å²) in [6, 6.07) is 0. The first kappa shape index (κ1) is 27.7. The molecule has 0 aromatic carbocycles. The molecule has 1 nitrogen and oxygen atoms in total. The van der Waals surface area contributed by atoms with Crippen LogP contribution in [0.4, 0.5) is 0 Å². The molecule has 27 heavy (non-hydrogen) atoms. The van der Waals surface area contributed by atoms with Crippen molar-refractivity contribution in [2.75, 3.05) is 30.3 Å². The zero-order chi connectivity index (χ0) is 19.8. The predicted octanol–water partition coefficient (Wildman–Crippen LogP) is 8.32. The van der Waals surface area contributed by atoms with Gasteiger partial charge in [0.2, 0.25) is 0 Å². The molecule has 164 valence electrons. The van der Waals surface area contributed by atoms with Crippen molar-refractivity contribution in [1.82, 2.24) is 5.32 Å². The first-order valence-electron chi connectivity index (χ1n) is 12.2. The normalized spacial score (nSPS) is 12.6. The minimum Gasteiger partial charge on any atom is -0.315 e. The summed E-state index contributed by atoms with van der Waals surface area (Å²) in [5.41, 5.74) is 0. The first-order chi connectivity index (χ1) is 13.3. The van der Waals surface area contributed by atoms with Crippen LogP contribution in [-0.4, -0.2) is 35.6 Å². The number of nitrogens with one attached hydrogen (secondary N) is 1. The molecule has 0 spiro atoms. The van der Waals surface area contributed by atoms with Gasteiger partial charge >= 0.3 is 0 Å². The molecule has 3 heteroatoms. The SMILES string of the molecule is CCCCCCCCSCCNCC(CCCC)SCCCCCCCC. The lowest BCUT2D eigenvalue weighted by atomic mass is 10.1. The summed E-state index contributed by atoms with van der Waals surface area (Å²) in [6.45, 7) is 9.33. The molecule has 0 aliphatic rings. The smallest absolute Gasteiger partial charge is 0.0172 e. The Morgan fingerprint density at radius 3 is 1.78 bits per heavy atom. The third kappa shape index (κ3) is 22.8. The van der Waals surface area contributed by atoms with E-state index >= 15 is 0 Å². The summed E-state index contributed by atoms with van der Waals surface area (Å²) in [7, 11) is 0. The van der Waals surface area contributed by atoms with Crippen LogP contribution in [0.25, 0.3) is 0 Å². The molecule has 0 rings (SSSR count). The highest BCUT2D eigenvalue weighted by atomic mass is 32.2. The van der Waals surface area contributed by atoms with Crippen LogP contribution in [-0.2, 0) is 0 Å². The van der Waals surface area contributed by atoms with Crippen LogP contribution in [0.3, 0.4) is 0 Å². The molecular formula is C24H51NS2. The van der Waals surface area contributed by atoms with Gasteiger partial charge in [0.05, 0.1) is 0 Å². The zero-order valence-electron chi connectivity index (χ0n) is 19.0. The van der Waals surface area contributed by atoms with E-state index in [1.807, 2.05) is 0 Å². The third-order valence-electron chi connectivity index (χ3n) is 5.17. The second kappa shape index (κ2) is 24.7. The molecule has 0 fully saturated rings. The molecule has 1 atom stereocenters. The predicted molar refractivity (Wildman–Crippen MR) is 133 cm³/mol. The Balaban J connectivity index is 3.50. The van der Waals surface area contributed by atoms with Crippen molar-refractivity contribution in [3.8, 4) is 0 Å². The summed E-state index contributed by atoms with van der Waals surface area (Å²) >= 11 is 4.39. The Morgan fingerprint density at radius 2 is 1.15 bits per heavy atom. The minimum atomic E-state index is 0.837. The van der Waals surface area contributed by atoms with Crippen LogP contribution in [0, 0.1) is 0 Å². The minimum absolute atomic E-state index is 0.837. The van der Waals surface area contributed by atoms with Crippen LogP contribution in [0.2, 0.25) is 0 Å². The molecule has 0 amide bonds. The van der Waals surface area contributed by atoms with E-state index in [2.05, 4.69) is 49.6 Å². The molecule has 1 unspecified atom stereocenters. The van der Waals surface area contributed by atoms with E-state index in [0.29, 0.717) is 0 Å². The lowest BCUT2D eigenvalue weighted by molar-refractivity contribution is 0.617. The van der Waals surface area contributed by atoms with Gasteiger partial charge in [-0.3, -0.25) is 0 Å². The Hall–Kier alpha value is 0.660. The van der Waals surface area contributed by atoms with E-state index in [1.165, 1.54) is 127 Å². The van der Waals surface area contributed by atoms with Crippen LogP contribution >= 0.6 is 23.5 Å². The van der Waals surface area contributed by atoms with Crippen molar-refractivity contribution in [3.05, 3.63) is 0 Å². The molecule has 0 aromatic rings. The van der Waals surface area contributed by atoms with Gasteiger partial charge in [-0.1, -0.05) is 97.8 Å². The average Bonchev–Trinajstić information content (AvgIpc) is 2.68. The number of unbranched alkanes of at least 4 members (excludes halogenated alkanes) is 11. The highest BCUT2D eigenvalue weighted by Crippen LogP contribution is 2.19. The van der Waals surface area contributed by atoms with Gasteiger partial charge in [0.15, 0.2) is 0 Å². The Kier molecular flexibility index (Phi) is 25.3. The lowest BCUT2D eigenvalue weighted by Crippen LogP contribution is -2.27. The Morgan fingerprint density at radius 1 is 0.593 bits per heavy atom. The fourth-order valence-electron chi connectivity index (χ4n) is 3.30. The van der Waals surface area contributed by atoms with Crippen molar-refractivity contribution < 1.29 is 0 Å². The highest BCUT2D eigenvalue weighted by molar-refractivity contribution is 8.00. The van der Waals surface area contributed by atoms with Crippen LogP contribution in [0.1, 0.15) is 117 Å². The van der Waals surface area contributed by atoms with E-state index in [-0.39, 0.29) is 0 Å². The van der Waals surface area contributed by atoms with Crippen molar-refractivity contribution in [1.29, 1.82) is 0 Å². The van der Waals surface area contributed by atoms with Crippen molar-refractivity contribution in [3.63, 3.8) is 0 Å². The molecule has 0 saturated heterocycles. The first-order valence-corrected chi connectivity index (χ1v) is 14.5. The van der Waals surface area contributed by atoms with Gasteiger partial charge in [-0.2, -0.15) is 23.5 Å². The number of hydrogen-bond acceptors (Lipinski definition) is 3. The van der Waals surface area contributed by atoms with Gasteiger partial charge in [-0.15, -0.1) is 0 Å². The number of thioether (sulfide) groups is 2. The topological polar surface area (TPSA) is 12.0 Å². The van der Waals surface area contributed by atoms with Crippen molar-refractivity contribution in [2.24, 2.45) is 0 Å². The Bertz CT molecular complexity index is 261. The van der Waals surface area contributed by atoms with Gasteiger partial charge in [-0.05, 0) is 30.8 Å². The second-order valence-corrected chi connectivity index (χ2v) is 10.6. The number of hydrogen-bond donors (Lipinski definition) is 1. The van der Waals surface area contributed by atoms with E-state index < -0.39 is 0 Å². The molecule has 0 aliphatic carbocycles. The van der Waals surface area contributed by atoms with Gasteiger partial charge < -0.3 is 5.32 Å². The molecule has 0 radical (unpaired) electrons. The molecular weight excluding hydrogens is 366 g/mol. The van der Waals surface area contributed by atoms with Crippen molar-refractivity contribution >= 4 is 23.5 Å². The summed E-state index contributed by atoms with van der Waals surface area (Å²) < 4.78 is 0. The summed E-state index contributed by atoms with van der Waals surface area (Å²) in [5.74, 6) is 4.02. The fourth-order valence-corrected chi connectivity index (χ4v) is 5.48. The molecule has 0 saturated carbocycles. The van der Waals surface area contributed by atoms with E-state index in [1.54, 1.807) is 0 Å². The van der Waals surface area contributed by atoms with Crippen molar-refractivity contribution in [2.45, 2.75) is 122 Å². The molecule has 1 N–H and O–H groups in total. The summed E-state index contributed by atoms with van der Waals surface area (Å²) in [6.07, 6.45) is 21.2. The van der Waals surface area contributed by atoms with Crippen LogP contribution in [0.5, 0.6) is 0 Å². The maximum Gasteiger partial charge on any atom is 0.0172 e. The van der Waals surface area contributed by atoms with Crippen LogP contribution in [0.15, 0.2) is 0 Å². The fraction of sp³-hybridized carbons (Fsp3) is 1.00. The van der Waals surface area contributed by atoms with Gasteiger partial charge in [0, 0.05) is 24.1 Å². The van der Waals surface area contributed by atoms with Gasteiger partial charge in [0.25, 0.3) is 0 Å². The number of rotatable bonds is 23. The quantitative estimate of drug-likeness (QED) is 0.168. The molecule has 0 heterocycles. The van der Waals surface area contributed by atoms with Gasteiger partial charge in [-0.25, -0.2) is 0 Å². The third-order valence-corrected chi connectivity index (χ3v) is 7.64. The molecule has 0 aliphatic heterocycles. The largest absolute Gasteiger partial charge is 0.315 e. The summed E-state index contributed by atoms with van der Waals surface area (Å²) in [5, 5.41) is 4.58. The zero-order valence-corrected chi connectivity index (χ0v) is 20.7. The van der Waals surface area contributed by atoms with E-state index in [0.717, 1.165) is 5.25 Å². The second-order valence-electron chi connectivity index (χ2n) is 7.99. The lowest BCUT2D eigenvalue weighted by Gasteiger charge is -2.17. The maximum absolute atomic E-state index is 3.74. The van der Waals surface area contributed by atoms with Crippen LogP contribution < -0.4 is 5.32 Å². The van der Waals surface area contributed by atoms with Gasteiger partial charge in [0.1, 0.15) is 0 Å². The highest BCUT2D eigenvalue weighted by Gasteiger charge is 2.08. The standard InChI is InChI=1S/C24H51NS2/c1-4-7-10-12-14-16-20-26-22-19-25-23-24(18-9-6-3)27-21-17-15-13-11-8-5-2/h24-25H,4-23H2,1-3H3. The molecule has 0 bridgehead atoms. The van der Waals surface area contributed by atoms with E-state index in [4.69, 9.17) is 0 Å². The maximum atomic E-state index is 3.74. The summed E-state index contributed by atoms with van der Waals surface area (Å²) in [4.78, 5) is 0. The average molecular weight is 418 g/mol. The Labute approximate surface area is 181 Å². The molecule has 0 aromatic heterocycles. The monoisotopic (exact) mass is 417 g/mol. The van der Waals surface area contributed by atoms with E-state index in [9.17, 15) is 0 Å².